The Hall–Kier alpha value is -3.37. The minimum atomic E-state index is -3.31. The van der Waals surface area contributed by atoms with E-state index in [2.05, 4.69) is 22.2 Å². The molecular formula is C20H21F4N5O2. The molecule has 3 rings (SSSR count). The van der Waals surface area contributed by atoms with E-state index in [0.717, 1.165) is 19.1 Å². The number of hydrogen-bond donors (Lipinski definition) is 2. The quantitative estimate of drug-likeness (QED) is 0.553. The van der Waals surface area contributed by atoms with Crippen molar-refractivity contribution in [3.8, 4) is 0 Å². The Morgan fingerprint density at radius 1 is 1.32 bits per heavy atom. The lowest BCUT2D eigenvalue weighted by Gasteiger charge is -2.34. The summed E-state index contributed by atoms with van der Waals surface area (Å²) in [6, 6.07) is 0.546. The van der Waals surface area contributed by atoms with Crippen molar-refractivity contribution in [2.75, 3.05) is 5.32 Å². The Kier molecular flexibility index (Phi) is 6.05. The van der Waals surface area contributed by atoms with Crippen molar-refractivity contribution in [3.05, 3.63) is 60.2 Å². The lowest BCUT2D eigenvalue weighted by Crippen LogP contribution is -2.48. The van der Waals surface area contributed by atoms with Crippen LogP contribution in [0.15, 0.2) is 37.2 Å². The van der Waals surface area contributed by atoms with E-state index in [9.17, 15) is 27.2 Å². The summed E-state index contributed by atoms with van der Waals surface area (Å²) < 4.78 is 55.6. The summed E-state index contributed by atoms with van der Waals surface area (Å²) in [6.45, 7) is 6.24. The maximum Gasteiger partial charge on any atom is 0.322 e. The lowest BCUT2D eigenvalue weighted by atomic mass is 10.1. The number of hydrogen-bond acceptors (Lipinski definition) is 3. The van der Waals surface area contributed by atoms with Gasteiger partial charge in [0.2, 0.25) is 0 Å². The highest BCUT2D eigenvalue weighted by atomic mass is 19.3. The first-order chi connectivity index (χ1) is 14.5. The number of halogens is 4. The summed E-state index contributed by atoms with van der Waals surface area (Å²) in [4.78, 5) is 30.6. The van der Waals surface area contributed by atoms with Crippen molar-refractivity contribution in [3.63, 3.8) is 0 Å². The zero-order valence-corrected chi connectivity index (χ0v) is 16.8. The van der Waals surface area contributed by atoms with Gasteiger partial charge in [0.25, 0.3) is 11.8 Å². The summed E-state index contributed by atoms with van der Waals surface area (Å²) in [5, 5.41) is 4.68. The SMILES string of the molecule is C=CC(F)(F)[C@@H](C)NC(=O)c1ncn2c1CN(C(=O)Nc1ccc(F)c(F)c1)[C@@H](C)C2. The summed E-state index contributed by atoms with van der Waals surface area (Å²) in [5.41, 5.74) is 0.350. The first-order valence-electron chi connectivity index (χ1n) is 9.42. The highest BCUT2D eigenvalue weighted by molar-refractivity contribution is 5.94. The van der Waals surface area contributed by atoms with Crippen LogP contribution in [-0.4, -0.2) is 44.4 Å². The predicted octanol–water partition coefficient (Wildman–Crippen LogP) is 3.54. The molecule has 0 fully saturated rings. The number of carbonyl (C=O) groups excluding carboxylic acids is 2. The molecule has 1 aromatic carbocycles. The Bertz CT molecular complexity index is 1020. The molecular weight excluding hydrogens is 418 g/mol. The number of amides is 3. The molecule has 0 spiro atoms. The van der Waals surface area contributed by atoms with Gasteiger partial charge >= 0.3 is 6.03 Å². The van der Waals surface area contributed by atoms with Crippen molar-refractivity contribution in [2.45, 2.75) is 44.9 Å². The third kappa shape index (κ3) is 4.54. The number of carbonyl (C=O) groups is 2. The fourth-order valence-corrected chi connectivity index (χ4v) is 3.20. The molecule has 11 heteroatoms. The zero-order valence-electron chi connectivity index (χ0n) is 16.8. The highest BCUT2D eigenvalue weighted by Gasteiger charge is 2.36. The largest absolute Gasteiger partial charge is 0.342 e. The summed E-state index contributed by atoms with van der Waals surface area (Å²) >= 11 is 0. The molecule has 166 valence electrons. The number of benzene rings is 1. The van der Waals surface area contributed by atoms with Gasteiger partial charge in [0.1, 0.15) is 0 Å². The minimum absolute atomic E-state index is 0.0360. The third-order valence-electron chi connectivity index (χ3n) is 5.10. The van der Waals surface area contributed by atoms with Gasteiger partial charge in [0.05, 0.1) is 24.6 Å². The Balaban J connectivity index is 1.77. The fourth-order valence-electron chi connectivity index (χ4n) is 3.20. The van der Waals surface area contributed by atoms with E-state index in [1.54, 1.807) is 11.5 Å². The first kappa shape index (κ1) is 22.3. The highest BCUT2D eigenvalue weighted by Crippen LogP contribution is 2.24. The topological polar surface area (TPSA) is 79.3 Å². The van der Waals surface area contributed by atoms with Gasteiger partial charge in [-0.15, -0.1) is 0 Å². The maximum absolute atomic E-state index is 13.7. The van der Waals surface area contributed by atoms with Gasteiger partial charge in [-0.3, -0.25) is 4.79 Å². The molecule has 0 unspecified atom stereocenters. The zero-order chi connectivity index (χ0) is 22.9. The number of imidazole rings is 1. The lowest BCUT2D eigenvalue weighted by molar-refractivity contribution is 0.0186. The van der Waals surface area contributed by atoms with Gasteiger partial charge in [-0.25, -0.2) is 18.6 Å². The van der Waals surface area contributed by atoms with Crippen LogP contribution in [-0.2, 0) is 13.1 Å². The molecule has 3 amide bonds. The molecule has 0 saturated heterocycles. The van der Waals surface area contributed by atoms with Crippen LogP contribution in [0.2, 0.25) is 0 Å². The molecule has 2 atom stereocenters. The van der Waals surface area contributed by atoms with E-state index in [1.807, 2.05) is 0 Å². The van der Waals surface area contributed by atoms with Crippen LogP contribution in [0.25, 0.3) is 0 Å². The molecule has 0 bridgehead atoms. The van der Waals surface area contributed by atoms with Crippen LogP contribution in [0.1, 0.15) is 30.0 Å². The molecule has 2 aromatic rings. The van der Waals surface area contributed by atoms with Gasteiger partial charge in [0, 0.05) is 24.3 Å². The van der Waals surface area contributed by atoms with E-state index in [0.29, 0.717) is 18.3 Å². The van der Waals surface area contributed by atoms with Crippen molar-refractivity contribution in [1.29, 1.82) is 0 Å². The van der Waals surface area contributed by atoms with E-state index in [-0.39, 0.29) is 24.0 Å². The number of aromatic nitrogens is 2. The van der Waals surface area contributed by atoms with Crippen LogP contribution in [0.3, 0.4) is 0 Å². The molecule has 1 aromatic heterocycles. The van der Waals surface area contributed by atoms with E-state index in [1.165, 1.54) is 17.3 Å². The molecule has 2 N–H and O–H groups in total. The van der Waals surface area contributed by atoms with Crippen LogP contribution in [0.5, 0.6) is 0 Å². The second-order valence-corrected chi connectivity index (χ2v) is 7.30. The predicted molar refractivity (Wildman–Crippen MR) is 105 cm³/mol. The molecule has 1 aliphatic rings. The first-order valence-corrected chi connectivity index (χ1v) is 9.42. The van der Waals surface area contributed by atoms with Crippen LogP contribution in [0, 0.1) is 11.6 Å². The van der Waals surface area contributed by atoms with Crippen LogP contribution in [0.4, 0.5) is 28.0 Å². The number of urea groups is 1. The monoisotopic (exact) mass is 439 g/mol. The average Bonchev–Trinajstić information content (AvgIpc) is 3.12. The van der Waals surface area contributed by atoms with Crippen molar-refractivity contribution in [2.24, 2.45) is 0 Å². The van der Waals surface area contributed by atoms with Crippen molar-refractivity contribution >= 4 is 17.6 Å². The van der Waals surface area contributed by atoms with Gasteiger partial charge in [-0.1, -0.05) is 6.58 Å². The number of nitrogens with one attached hydrogen (secondary N) is 2. The standard InChI is InChI=1S/C20H21F4N5O2/c1-4-20(23,24)12(3)26-18(30)17-16-9-29(11(2)8-28(16)10-25-17)19(31)27-13-5-6-14(21)15(22)7-13/h4-7,10-12H,1,8-9H2,2-3H3,(H,26,30)(H,27,31)/t11-,12+/m0/s1. The van der Waals surface area contributed by atoms with Gasteiger partial charge < -0.3 is 20.1 Å². The fraction of sp³-hybridized carbons (Fsp3) is 0.350. The number of fused-ring (bicyclic) bond motifs is 1. The second kappa shape index (κ2) is 8.40. The number of anilines is 1. The summed E-state index contributed by atoms with van der Waals surface area (Å²) in [7, 11) is 0. The van der Waals surface area contributed by atoms with Gasteiger partial charge in [-0.2, -0.15) is 8.78 Å². The van der Waals surface area contributed by atoms with Gasteiger partial charge in [-0.05, 0) is 32.1 Å². The molecule has 0 saturated carbocycles. The summed E-state index contributed by atoms with van der Waals surface area (Å²) in [5.74, 6) is -6.26. The molecule has 2 heterocycles. The van der Waals surface area contributed by atoms with Crippen LogP contribution < -0.4 is 10.6 Å². The second-order valence-electron chi connectivity index (χ2n) is 7.30. The Morgan fingerprint density at radius 2 is 2.03 bits per heavy atom. The number of rotatable bonds is 5. The minimum Gasteiger partial charge on any atom is -0.342 e. The van der Waals surface area contributed by atoms with E-state index >= 15 is 0 Å². The summed E-state index contributed by atoms with van der Waals surface area (Å²) in [6.07, 6.45) is 1.86. The third-order valence-corrected chi connectivity index (χ3v) is 5.10. The molecule has 0 radical (unpaired) electrons. The van der Waals surface area contributed by atoms with Crippen molar-refractivity contribution in [1.82, 2.24) is 19.8 Å². The smallest absolute Gasteiger partial charge is 0.322 e. The van der Waals surface area contributed by atoms with E-state index in [4.69, 9.17) is 0 Å². The number of nitrogens with zero attached hydrogens (tertiary/aromatic N) is 3. The van der Waals surface area contributed by atoms with Gasteiger partial charge in [0.15, 0.2) is 17.3 Å². The Morgan fingerprint density at radius 3 is 2.68 bits per heavy atom. The molecule has 0 aliphatic carbocycles. The van der Waals surface area contributed by atoms with E-state index < -0.39 is 35.5 Å². The maximum atomic E-state index is 13.7. The molecule has 31 heavy (non-hydrogen) atoms. The Labute approximate surface area is 175 Å². The average molecular weight is 439 g/mol. The van der Waals surface area contributed by atoms with Crippen LogP contribution >= 0.6 is 0 Å². The number of alkyl halides is 2. The molecule has 7 nitrogen and oxygen atoms in total. The normalized spacial score (nSPS) is 17.0. The van der Waals surface area contributed by atoms with Crippen molar-refractivity contribution < 1.29 is 27.2 Å². The molecule has 1 aliphatic heterocycles.